The molecule has 1 aliphatic heterocycles. The average Bonchev–Trinajstić information content (AvgIpc) is 2.86. The summed E-state index contributed by atoms with van der Waals surface area (Å²) in [5, 5.41) is 8.60. The first-order valence-electron chi connectivity index (χ1n) is 10.6. The molecule has 0 saturated carbocycles. The number of morpholine rings is 1. The summed E-state index contributed by atoms with van der Waals surface area (Å²) in [6.07, 6.45) is 3.15. The zero-order chi connectivity index (χ0) is 23.0. The highest BCUT2D eigenvalue weighted by atomic mass is 79.9. The molecule has 170 valence electrons. The van der Waals surface area contributed by atoms with E-state index in [4.69, 9.17) is 4.74 Å². The standard InChI is InChI=1S/C24H24BrN5O3/c25-21-6-5-20(30-11-13-33-14-12-30)15-22(21)29-24(32)27-16-17-1-3-19(4-2-17)28-23(31)18-7-9-26-10-8-18/h1-10,15H,11-14,16H2,(H,28,31)(H2,27,29,32). The highest BCUT2D eigenvalue weighted by Crippen LogP contribution is 2.28. The summed E-state index contributed by atoms with van der Waals surface area (Å²) in [6, 6.07) is 16.2. The number of nitrogens with one attached hydrogen (secondary N) is 3. The fourth-order valence-corrected chi connectivity index (χ4v) is 3.73. The van der Waals surface area contributed by atoms with Gasteiger partial charge in [0.05, 0.1) is 18.9 Å². The van der Waals surface area contributed by atoms with Gasteiger partial charge in [-0.2, -0.15) is 0 Å². The smallest absolute Gasteiger partial charge is 0.319 e. The summed E-state index contributed by atoms with van der Waals surface area (Å²) in [6.45, 7) is 3.40. The molecule has 0 unspecified atom stereocenters. The second-order valence-corrected chi connectivity index (χ2v) is 8.31. The zero-order valence-electron chi connectivity index (χ0n) is 17.9. The van der Waals surface area contributed by atoms with E-state index in [1.807, 2.05) is 30.3 Å². The monoisotopic (exact) mass is 509 g/mol. The Kier molecular flexibility index (Phi) is 7.54. The number of benzene rings is 2. The number of carbonyl (C=O) groups is 2. The Hall–Kier alpha value is -3.43. The van der Waals surface area contributed by atoms with E-state index in [0.717, 1.165) is 28.8 Å². The molecule has 33 heavy (non-hydrogen) atoms. The first kappa shape index (κ1) is 22.8. The number of ether oxygens (including phenoxy) is 1. The number of carbonyl (C=O) groups excluding carboxylic acids is 2. The van der Waals surface area contributed by atoms with Crippen molar-refractivity contribution in [1.82, 2.24) is 10.3 Å². The largest absolute Gasteiger partial charge is 0.378 e. The number of anilines is 3. The molecular formula is C24H24BrN5O3. The van der Waals surface area contributed by atoms with Gasteiger partial charge in [0.2, 0.25) is 0 Å². The molecule has 4 rings (SSSR count). The molecule has 8 nitrogen and oxygen atoms in total. The maximum absolute atomic E-state index is 12.5. The summed E-state index contributed by atoms with van der Waals surface area (Å²) in [4.78, 5) is 30.8. The predicted molar refractivity (Wildman–Crippen MR) is 132 cm³/mol. The molecule has 0 aliphatic carbocycles. The fourth-order valence-electron chi connectivity index (χ4n) is 3.39. The Morgan fingerprint density at radius 3 is 2.42 bits per heavy atom. The van der Waals surface area contributed by atoms with E-state index in [2.05, 4.69) is 41.8 Å². The number of amides is 3. The van der Waals surface area contributed by atoms with E-state index < -0.39 is 0 Å². The highest BCUT2D eigenvalue weighted by molar-refractivity contribution is 9.10. The van der Waals surface area contributed by atoms with E-state index in [1.165, 1.54) is 0 Å². The van der Waals surface area contributed by atoms with Gasteiger partial charge in [-0.15, -0.1) is 0 Å². The lowest BCUT2D eigenvalue weighted by Crippen LogP contribution is -2.36. The van der Waals surface area contributed by atoms with E-state index in [9.17, 15) is 9.59 Å². The summed E-state index contributed by atoms with van der Waals surface area (Å²) in [7, 11) is 0. The van der Waals surface area contributed by atoms with Gasteiger partial charge in [-0.1, -0.05) is 12.1 Å². The minimum absolute atomic E-state index is 0.201. The molecule has 2 aromatic carbocycles. The molecule has 1 saturated heterocycles. The van der Waals surface area contributed by atoms with Gasteiger partial charge in [0.15, 0.2) is 0 Å². The van der Waals surface area contributed by atoms with Crippen LogP contribution in [0.3, 0.4) is 0 Å². The van der Waals surface area contributed by atoms with Crippen LogP contribution in [0.25, 0.3) is 0 Å². The molecule has 1 aliphatic rings. The molecule has 3 N–H and O–H groups in total. The Bertz CT molecular complexity index is 1100. The molecule has 3 aromatic rings. The zero-order valence-corrected chi connectivity index (χ0v) is 19.5. The van der Waals surface area contributed by atoms with Crippen molar-refractivity contribution in [2.45, 2.75) is 6.54 Å². The van der Waals surface area contributed by atoms with Gasteiger partial charge in [0.25, 0.3) is 5.91 Å². The Labute approximate surface area is 200 Å². The highest BCUT2D eigenvalue weighted by Gasteiger charge is 2.14. The predicted octanol–water partition coefficient (Wildman–Crippen LogP) is 4.25. The van der Waals surface area contributed by atoms with E-state index in [-0.39, 0.29) is 11.9 Å². The van der Waals surface area contributed by atoms with E-state index >= 15 is 0 Å². The lowest BCUT2D eigenvalue weighted by atomic mass is 10.2. The van der Waals surface area contributed by atoms with Crippen LogP contribution >= 0.6 is 15.9 Å². The van der Waals surface area contributed by atoms with Gasteiger partial charge in [0, 0.05) is 53.4 Å². The van der Waals surface area contributed by atoms with Crippen molar-refractivity contribution < 1.29 is 14.3 Å². The number of hydrogen-bond acceptors (Lipinski definition) is 5. The van der Waals surface area contributed by atoms with Crippen molar-refractivity contribution in [2.75, 3.05) is 41.8 Å². The second kappa shape index (κ2) is 10.9. The Balaban J connectivity index is 1.29. The van der Waals surface area contributed by atoms with Gasteiger partial charge in [-0.3, -0.25) is 9.78 Å². The van der Waals surface area contributed by atoms with Crippen molar-refractivity contribution in [2.24, 2.45) is 0 Å². The van der Waals surface area contributed by atoms with Crippen LogP contribution in [0, 0.1) is 0 Å². The van der Waals surface area contributed by atoms with Gasteiger partial charge in [-0.05, 0) is 64.0 Å². The molecule has 2 heterocycles. The third-order valence-corrected chi connectivity index (χ3v) is 5.87. The van der Waals surface area contributed by atoms with Gasteiger partial charge in [0.1, 0.15) is 0 Å². The maximum Gasteiger partial charge on any atom is 0.319 e. The van der Waals surface area contributed by atoms with E-state index in [0.29, 0.717) is 36.7 Å². The molecular weight excluding hydrogens is 486 g/mol. The first-order chi connectivity index (χ1) is 16.1. The van der Waals surface area contributed by atoms with E-state index in [1.54, 1.807) is 36.7 Å². The summed E-state index contributed by atoms with van der Waals surface area (Å²) < 4.78 is 6.22. The fraction of sp³-hybridized carbons (Fsp3) is 0.208. The normalized spacial score (nSPS) is 13.3. The Morgan fingerprint density at radius 1 is 0.970 bits per heavy atom. The van der Waals surface area contributed by atoms with Crippen LogP contribution in [-0.2, 0) is 11.3 Å². The Morgan fingerprint density at radius 2 is 1.70 bits per heavy atom. The van der Waals surface area contributed by atoms with Crippen molar-refractivity contribution in [1.29, 1.82) is 0 Å². The molecule has 1 aromatic heterocycles. The molecule has 0 atom stereocenters. The minimum atomic E-state index is -0.301. The number of aromatic nitrogens is 1. The quantitative estimate of drug-likeness (QED) is 0.461. The van der Waals surface area contributed by atoms with Crippen molar-refractivity contribution in [3.05, 3.63) is 82.6 Å². The molecule has 0 spiro atoms. The minimum Gasteiger partial charge on any atom is -0.378 e. The van der Waals surface area contributed by atoms with Crippen LogP contribution in [0.4, 0.5) is 21.9 Å². The van der Waals surface area contributed by atoms with Gasteiger partial charge < -0.3 is 25.6 Å². The van der Waals surface area contributed by atoms with Crippen LogP contribution in [0.5, 0.6) is 0 Å². The number of halogens is 1. The number of hydrogen-bond donors (Lipinski definition) is 3. The van der Waals surface area contributed by atoms with Gasteiger partial charge >= 0.3 is 6.03 Å². The summed E-state index contributed by atoms with van der Waals surface area (Å²) in [5.74, 6) is -0.201. The summed E-state index contributed by atoms with van der Waals surface area (Å²) >= 11 is 3.50. The van der Waals surface area contributed by atoms with Crippen LogP contribution in [0.1, 0.15) is 15.9 Å². The van der Waals surface area contributed by atoms with Crippen LogP contribution in [0.2, 0.25) is 0 Å². The van der Waals surface area contributed by atoms with Crippen LogP contribution < -0.4 is 20.9 Å². The number of rotatable bonds is 6. The van der Waals surface area contributed by atoms with Gasteiger partial charge in [-0.25, -0.2) is 4.79 Å². The molecule has 0 radical (unpaired) electrons. The topological polar surface area (TPSA) is 95.6 Å². The maximum atomic E-state index is 12.5. The van der Waals surface area contributed by atoms with Crippen LogP contribution in [-0.4, -0.2) is 43.2 Å². The second-order valence-electron chi connectivity index (χ2n) is 7.46. The number of pyridine rings is 1. The molecule has 1 fully saturated rings. The number of urea groups is 1. The third-order valence-electron chi connectivity index (χ3n) is 5.18. The molecule has 9 heteroatoms. The average molecular weight is 510 g/mol. The lowest BCUT2D eigenvalue weighted by Gasteiger charge is -2.29. The first-order valence-corrected chi connectivity index (χ1v) is 11.4. The third kappa shape index (κ3) is 6.30. The molecule has 0 bridgehead atoms. The summed E-state index contributed by atoms with van der Waals surface area (Å²) in [5.41, 5.74) is 3.87. The van der Waals surface area contributed by atoms with Crippen LogP contribution in [0.15, 0.2) is 71.5 Å². The van der Waals surface area contributed by atoms with Crippen molar-refractivity contribution in [3.63, 3.8) is 0 Å². The SMILES string of the molecule is O=C(NCc1ccc(NC(=O)c2ccncc2)cc1)Nc1cc(N2CCOCC2)ccc1Br. The van der Waals surface area contributed by atoms with Crippen molar-refractivity contribution in [3.8, 4) is 0 Å². The lowest BCUT2D eigenvalue weighted by molar-refractivity contribution is 0.102. The molecule has 3 amide bonds. The van der Waals surface area contributed by atoms with Crippen molar-refractivity contribution >= 4 is 44.9 Å². The number of nitrogens with zero attached hydrogens (tertiary/aromatic N) is 2.